The van der Waals surface area contributed by atoms with Crippen LogP contribution in [0.15, 0.2) is 18.2 Å². The topological polar surface area (TPSA) is 55.1 Å². The first-order chi connectivity index (χ1) is 9.34. The molecule has 0 spiro atoms. The summed E-state index contributed by atoms with van der Waals surface area (Å²) in [5, 5.41) is 2.85. The fourth-order valence-corrected chi connectivity index (χ4v) is 2.70. The Morgan fingerprint density at radius 2 is 2.15 bits per heavy atom. The van der Waals surface area contributed by atoms with E-state index in [1.165, 1.54) is 6.07 Å². The van der Waals surface area contributed by atoms with Crippen LogP contribution in [0.1, 0.15) is 44.7 Å². The summed E-state index contributed by atoms with van der Waals surface area (Å²) in [7, 11) is 0. The van der Waals surface area contributed by atoms with Gasteiger partial charge >= 0.3 is 0 Å². The number of hydrogen-bond donors (Lipinski definition) is 2. The van der Waals surface area contributed by atoms with E-state index in [1.807, 2.05) is 6.92 Å². The standard InChI is InChI=1S/C15H20F2N2O/c1-9(10-5-6-11(16)12(17)8-10)19-14(20)15(2)7-3-4-13(15)18/h5-6,8-9,13H,3-4,7,18H2,1-2H3,(H,19,20). The largest absolute Gasteiger partial charge is 0.349 e. The molecule has 0 heterocycles. The van der Waals surface area contributed by atoms with Gasteiger partial charge in [0.15, 0.2) is 11.6 Å². The normalized spacial score (nSPS) is 27.4. The molecule has 3 atom stereocenters. The van der Waals surface area contributed by atoms with E-state index in [-0.39, 0.29) is 18.0 Å². The van der Waals surface area contributed by atoms with Crippen molar-refractivity contribution in [2.45, 2.75) is 45.2 Å². The van der Waals surface area contributed by atoms with Crippen molar-refractivity contribution in [3.8, 4) is 0 Å². The van der Waals surface area contributed by atoms with E-state index < -0.39 is 17.0 Å². The molecule has 20 heavy (non-hydrogen) atoms. The zero-order chi connectivity index (χ0) is 14.9. The van der Waals surface area contributed by atoms with E-state index >= 15 is 0 Å². The van der Waals surface area contributed by atoms with Crippen molar-refractivity contribution < 1.29 is 13.6 Å². The van der Waals surface area contributed by atoms with Gasteiger partial charge in [0.25, 0.3) is 0 Å². The number of halogens is 2. The van der Waals surface area contributed by atoms with E-state index in [1.54, 1.807) is 6.92 Å². The molecule has 1 aliphatic carbocycles. The fraction of sp³-hybridized carbons (Fsp3) is 0.533. The van der Waals surface area contributed by atoms with Gasteiger partial charge in [0, 0.05) is 6.04 Å². The molecule has 0 bridgehead atoms. The Morgan fingerprint density at radius 3 is 2.70 bits per heavy atom. The molecule has 1 aliphatic rings. The van der Waals surface area contributed by atoms with Crippen LogP contribution in [-0.2, 0) is 4.79 Å². The van der Waals surface area contributed by atoms with Crippen LogP contribution in [0.25, 0.3) is 0 Å². The highest BCUT2D eigenvalue weighted by Gasteiger charge is 2.43. The number of nitrogens with two attached hydrogens (primary N) is 1. The molecule has 5 heteroatoms. The predicted octanol–water partition coefficient (Wildman–Crippen LogP) is 2.66. The Hall–Kier alpha value is -1.49. The molecule has 0 aromatic heterocycles. The van der Waals surface area contributed by atoms with Crippen LogP contribution in [0.5, 0.6) is 0 Å². The first-order valence-electron chi connectivity index (χ1n) is 6.86. The molecule has 1 amide bonds. The highest BCUT2D eigenvalue weighted by atomic mass is 19.2. The summed E-state index contributed by atoms with van der Waals surface area (Å²) >= 11 is 0. The molecule has 110 valence electrons. The minimum atomic E-state index is -0.910. The molecule has 1 fully saturated rings. The quantitative estimate of drug-likeness (QED) is 0.895. The number of carbonyl (C=O) groups excluding carboxylic acids is 1. The first-order valence-corrected chi connectivity index (χ1v) is 6.86. The van der Waals surface area contributed by atoms with Crippen molar-refractivity contribution in [3.05, 3.63) is 35.4 Å². The Labute approximate surface area is 117 Å². The summed E-state index contributed by atoms with van der Waals surface area (Å²) < 4.78 is 26.1. The van der Waals surface area contributed by atoms with Crippen LogP contribution in [0, 0.1) is 17.0 Å². The van der Waals surface area contributed by atoms with Crippen LogP contribution in [0.2, 0.25) is 0 Å². The molecule has 3 unspecified atom stereocenters. The lowest BCUT2D eigenvalue weighted by Gasteiger charge is -2.29. The highest BCUT2D eigenvalue weighted by molar-refractivity contribution is 5.83. The summed E-state index contributed by atoms with van der Waals surface area (Å²) in [4.78, 5) is 12.4. The molecule has 1 aromatic carbocycles. The zero-order valence-corrected chi connectivity index (χ0v) is 11.7. The van der Waals surface area contributed by atoms with Crippen molar-refractivity contribution >= 4 is 5.91 Å². The number of rotatable bonds is 3. The summed E-state index contributed by atoms with van der Waals surface area (Å²) in [6.07, 6.45) is 2.53. The molecular weight excluding hydrogens is 262 g/mol. The second-order valence-electron chi connectivity index (χ2n) is 5.78. The Kier molecular flexibility index (Phi) is 4.09. The molecule has 2 rings (SSSR count). The molecule has 1 saturated carbocycles. The van der Waals surface area contributed by atoms with E-state index in [0.717, 1.165) is 31.4 Å². The van der Waals surface area contributed by atoms with Crippen molar-refractivity contribution in [3.63, 3.8) is 0 Å². The Morgan fingerprint density at radius 1 is 1.45 bits per heavy atom. The maximum Gasteiger partial charge on any atom is 0.227 e. The minimum absolute atomic E-state index is 0.125. The van der Waals surface area contributed by atoms with Crippen LogP contribution in [-0.4, -0.2) is 11.9 Å². The van der Waals surface area contributed by atoms with Gasteiger partial charge in [-0.05, 0) is 44.4 Å². The molecule has 0 aliphatic heterocycles. The summed E-state index contributed by atoms with van der Waals surface area (Å²) in [5.41, 5.74) is 5.96. The van der Waals surface area contributed by atoms with Gasteiger partial charge in [-0.15, -0.1) is 0 Å². The van der Waals surface area contributed by atoms with Crippen LogP contribution in [0.3, 0.4) is 0 Å². The SMILES string of the molecule is CC(NC(=O)C1(C)CCCC1N)c1ccc(F)c(F)c1. The Balaban J connectivity index is 2.09. The number of nitrogens with one attached hydrogen (secondary N) is 1. The van der Waals surface area contributed by atoms with Crippen molar-refractivity contribution in [2.24, 2.45) is 11.1 Å². The number of amides is 1. The predicted molar refractivity (Wildman–Crippen MR) is 72.8 cm³/mol. The minimum Gasteiger partial charge on any atom is -0.349 e. The maximum atomic E-state index is 13.2. The van der Waals surface area contributed by atoms with Crippen LogP contribution < -0.4 is 11.1 Å². The van der Waals surface area contributed by atoms with Crippen LogP contribution in [0.4, 0.5) is 8.78 Å². The van der Waals surface area contributed by atoms with Gasteiger partial charge in [0.2, 0.25) is 5.91 Å². The van der Waals surface area contributed by atoms with Crippen molar-refractivity contribution in [1.29, 1.82) is 0 Å². The van der Waals surface area contributed by atoms with Crippen LogP contribution >= 0.6 is 0 Å². The van der Waals surface area contributed by atoms with Gasteiger partial charge in [-0.3, -0.25) is 4.79 Å². The number of hydrogen-bond acceptors (Lipinski definition) is 2. The summed E-state index contributed by atoms with van der Waals surface area (Å²) in [6, 6.07) is 3.11. The average molecular weight is 282 g/mol. The molecule has 0 radical (unpaired) electrons. The lowest BCUT2D eigenvalue weighted by molar-refractivity contribution is -0.131. The van der Waals surface area contributed by atoms with Crippen molar-refractivity contribution in [2.75, 3.05) is 0 Å². The molecule has 3 nitrogen and oxygen atoms in total. The van der Waals surface area contributed by atoms with E-state index in [9.17, 15) is 13.6 Å². The van der Waals surface area contributed by atoms with E-state index in [0.29, 0.717) is 5.56 Å². The lowest BCUT2D eigenvalue weighted by atomic mass is 9.84. The third-order valence-electron chi connectivity index (χ3n) is 4.34. The zero-order valence-electron chi connectivity index (χ0n) is 11.7. The molecule has 0 saturated heterocycles. The monoisotopic (exact) mass is 282 g/mol. The molecule has 3 N–H and O–H groups in total. The lowest BCUT2D eigenvalue weighted by Crippen LogP contribution is -2.47. The highest BCUT2D eigenvalue weighted by Crippen LogP contribution is 2.37. The molecular formula is C15H20F2N2O. The summed E-state index contributed by atoms with van der Waals surface area (Å²) in [5.74, 6) is -1.93. The number of benzene rings is 1. The van der Waals surface area contributed by atoms with Gasteiger partial charge in [-0.2, -0.15) is 0 Å². The second-order valence-corrected chi connectivity index (χ2v) is 5.78. The smallest absolute Gasteiger partial charge is 0.227 e. The second kappa shape index (κ2) is 5.48. The van der Waals surface area contributed by atoms with Gasteiger partial charge in [-0.25, -0.2) is 8.78 Å². The van der Waals surface area contributed by atoms with Gasteiger partial charge in [-0.1, -0.05) is 12.5 Å². The fourth-order valence-electron chi connectivity index (χ4n) is 2.70. The summed E-state index contributed by atoms with van der Waals surface area (Å²) in [6.45, 7) is 3.60. The third kappa shape index (κ3) is 2.68. The maximum absolute atomic E-state index is 13.2. The van der Waals surface area contributed by atoms with E-state index in [2.05, 4.69) is 5.32 Å². The van der Waals surface area contributed by atoms with E-state index in [4.69, 9.17) is 5.73 Å². The Bertz CT molecular complexity index is 521. The van der Waals surface area contributed by atoms with Gasteiger partial charge in [0.05, 0.1) is 11.5 Å². The number of carbonyl (C=O) groups is 1. The van der Waals surface area contributed by atoms with Gasteiger partial charge < -0.3 is 11.1 Å². The third-order valence-corrected chi connectivity index (χ3v) is 4.34. The average Bonchev–Trinajstić information content (AvgIpc) is 2.74. The van der Waals surface area contributed by atoms with Gasteiger partial charge in [0.1, 0.15) is 0 Å². The molecule has 1 aromatic rings. The first kappa shape index (κ1) is 14.9. The van der Waals surface area contributed by atoms with Crippen molar-refractivity contribution in [1.82, 2.24) is 5.32 Å².